The first-order chi connectivity index (χ1) is 17.7. The van der Waals surface area contributed by atoms with Gasteiger partial charge in [-0.2, -0.15) is 0 Å². The van der Waals surface area contributed by atoms with Gasteiger partial charge in [0.15, 0.2) is 23.3 Å². The summed E-state index contributed by atoms with van der Waals surface area (Å²) in [4.78, 5) is 26.4. The quantitative estimate of drug-likeness (QED) is 0.152. The van der Waals surface area contributed by atoms with Gasteiger partial charge in [0.2, 0.25) is 5.91 Å². The van der Waals surface area contributed by atoms with Gasteiger partial charge in [-0.3, -0.25) is 9.59 Å². The molecule has 0 heterocycles. The van der Waals surface area contributed by atoms with E-state index in [0.717, 1.165) is 17.3 Å². The van der Waals surface area contributed by atoms with Crippen LogP contribution in [0.1, 0.15) is 26.7 Å². The number of hydrogen-bond donors (Lipinski definition) is 2. The van der Waals surface area contributed by atoms with Crippen LogP contribution in [0, 0.1) is 30.2 Å². The molecular weight excluding hydrogens is 504 g/mol. The van der Waals surface area contributed by atoms with Crippen LogP contribution in [0.15, 0.2) is 89.8 Å². The molecule has 0 saturated heterocycles. The van der Waals surface area contributed by atoms with E-state index in [-0.39, 0.29) is 12.0 Å². The van der Waals surface area contributed by atoms with Crippen LogP contribution in [-0.4, -0.2) is 11.8 Å². The van der Waals surface area contributed by atoms with Gasteiger partial charge in [-0.15, -0.1) is 11.8 Å². The van der Waals surface area contributed by atoms with Gasteiger partial charge in [-0.25, -0.2) is 17.6 Å². The molecule has 9 heteroatoms. The zero-order valence-corrected chi connectivity index (χ0v) is 20.2. The van der Waals surface area contributed by atoms with Crippen molar-refractivity contribution >= 4 is 35.0 Å². The van der Waals surface area contributed by atoms with Crippen molar-refractivity contribution in [3.8, 4) is 0 Å². The Morgan fingerprint density at radius 3 is 2.08 bits per heavy atom. The summed E-state index contributed by atoms with van der Waals surface area (Å²) in [5.74, 6) is -7.87. The lowest BCUT2D eigenvalue weighted by atomic mass is 10.1. The molecule has 0 bridgehead atoms. The minimum atomic E-state index is -1.70. The first-order valence-corrected chi connectivity index (χ1v) is 11.9. The van der Waals surface area contributed by atoms with Crippen LogP contribution in [-0.2, 0) is 4.79 Å². The van der Waals surface area contributed by atoms with Crippen molar-refractivity contribution in [1.29, 1.82) is 0 Å². The van der Waals surface area contributed by atoms with Crippen molar-refractivity contribution in [3.63, 3.8) is 0 Å². The minimum Gasteiger partial charge on any atom is -0.322 e. The molecule has 188 valence electrons. The Morgan fingerprint density at radius 1 is 0.757 bits per heavy atom. The van der Waals surface area contributed by atoms with E-state index in [9.17, 15) is 27.2 Å². The smallest absolute Gasteiger partial charge is 0.255 e. The number of anilines is 2. The summed E-state index contributed by atoms with van der Waals surface area (Å²) in [7, 11) is 0. The van der Waals surface area contributed by atoms with Gasteiger partial charge in [-0.05, 0) is 42.3 Å². The van der Waals surface area contributed by atoms with E-state index in [1.54, 1.807) is 66.7 Å². The van der Waals surface area contributed by atoms with Crippen molar-refractivity contribution < 1.29 is 27.2 Å². The Hall–Kier alpha value is -4.11. The maximum atomic E-state index is 14.2. The molecule has 4 nitrogen and oxygen atoms in total. The number of amides is 2. The van der Waals surface area contributed by atoms with E-state index in [4.69, 9.17) is 0 Å². The molecule has 0 aliphatic carbocycles. The lowest BCUT2D eigenvalue weighted by molar-refractivity contribution is -0.115. The maximum Gasteiger partial charge on any atom is 0.255 e. The van der Waals surface area contributed by atoms with Gasteiger partial charge in [0.25, 0.3) is 5.91 Å². The molecule has 2 N–H and O–H groups in total. The van der Waals surface area contributed by atoms with Gasteiger partial charge in [0.1, 0.15) is 10.9 Å². The second kappa shape index (κ2) is 11.3. The van der Waals surface area contributed by atoms with Gasteiger partial charge in [-0.1, -0.05) is 54.6 Å². The lowest BCUT2D eigenvalue weighted by Crippen LogP contribution is -2.21. The predicted molar refractivity (Wildman–Crippen MR) is 136 cm³/mol. The number of benzene rings is 4. The fourth-order valence-electron chi connectivity index (χ4n) is 3.58. The number of rotatable bonds is 7. The van der Waals surface area contributed by atoms with Crippen molar-refractivity contribution in [2.75, 3.05) is 10.6 Å². The zero-order chi connectivity index (χ0) is 26.5. The van der Waals surface area contributed by atoms with Crippen LogP contribution in [0.3, 0.4) is 0 Å². The van der Waals surface area contributed by atoms with Crippen molar-refractivity contribution in [3.05, 3.63) is 125 Å². The summed E-state index contributed by atoms with van der Waals surface area (Å²) >= 11 is 1.03. The van der Waals surface area contributed by atoms with Crippen LogP contribution in [0.5, 0.6) is 0 Å². The molecule has 0 spiro atoms. The molecule has 4 aromatic rings. The molecule has 4 aromatic carbocycles. The fraction of sp³-hybridized carbons (Fsp3) is 0.0714. The number of halogens is 4. The monoisotopic (exact) mass is 524 g/mol. The molecule has 37 heavy (non-hydrogen) atoms. The summed E-state index contributed by atoms with van der Waals surface area (Å²) in [5, 5.41) is 3.76. The first-order valence-electron chi connectivity index (χ1n) is 11.1. The standard InChI is InChI=1S/C28H20F4N2O2S/c1-16-8-5-6-13-20(16)27(35)33-18-11-7-12-19(14-18)37-26(17-9-3-2-4-10-17)28(36)34-25-23(31)21(29)15-22(30)24(25)32/h2-15,26H,1H3,(H,33,35)(H,34,36). The summed E-state index contributed by atoms with van der Waals surface area (Å²) < 4.78 is 55.7. The molecule has 0 fully saturated rings. The largest absolute Gasteiger partial charge is 0.322 e. The normalized spacial score (nSPS) is 11.6. The Morgan fingerprint density at radius 2 is 1.41 bits per heavy atom. The Labute approximate surface area is 214 Å². The lowest BCUT2D eigenvalue weighted by Gasteiger charge is -2.18. The predicted octanol–water partition coefficient (Wildman–Crippen LogP) is 7.28. The average molecular weight is 525 g/mol. The summed E-state index contributed by atoms with van der Waals surface area (Å²) in [6.45, 7) is 1.82. The van der Waals surface area contributed by atoms with E-state index >= 15 is 0 Å². The third kappa shape index (κ3) is 6.00. The highest BCUT2D eigenvalue weighted by atomic mass is 32.2. The zero-order valence-electron chi connectivity index (χ0n) is 19.4. The number of carbonyl (C=O) groups excluding carboxylic acids is 2. The van der Waals surface area contributed by atoms with E-state index < -0.39 is 40.1 Å². The number of carbonyl (C=O) groups is 2. The van der Waals surface area contributed by atoms with Crippen LogP contribution in [0.2, 0.25) is 0 Å². The molecule has 1 unspecified atom stereocenters. The first kappa shape index (κ1) is 26.0. The van der Waals surface area contributed by atoms with E-state index in [0.29, 0.717) is 21.7 Å². The molecule has 0 aliphatic heterocycles. The molecule has 4 rings (SSSR count). The second-order valence-electron chi connectivity index (χ2n) is 8.04. The maximum absolute atomic E-state index is 14.2. The Balaban J connectivity index is 1.60. The Bertz CT molecular complexity index is 1440. The van der Waals surface area contributed by atoms with Crippen molar-refractivity contribution in [1.82, 2.24) is 0 Å². The van der Waals surface area contributed by atoms with Crippen LogP contribution in [0.4, 0.5) is 28.9 Å². The number of aryl methyl sites for hydroxylation is 1. The van der Waals surface area contributed by atoms with Crippen molar-refractivity contribution in [2.24, 2.45) is 0 Å². The number of thioether (sulfide) groups is 1. The number of hydrogen-bond acceptors (Lipinski definition) is 3. The van der Waals surface area contributed by atoms with Crippen molar-refractivity contribution in [2.45, 2.75) is 17.1 Å². The molecule has 0 saturated carbocycles. The van der Waals surface area contributed by atoms with E-state index in [1.165, 1.54) is 0 Å². The van der Waals surface area contributed by atoms with Gasteiger partial charge < -0.3 is 10.6 Å². The molecule has 0 aliphatic rings. The van der Waals surface area contributed by atoms with Gasteiger partial charge in [0, 0.05) is 22.2 Å². The average Bonchev–Trinajstić information content (AvgIpc) is 2.89. The summed E-state index contributed by atoms with van der Waals surface area (Å²) in [6, 6.07) is 22.2. The highest BCUT2D eigenvalue weighted by Crippen LogP contribution is 2.38. The third-order valence-electron chi connectivity index (χ3n) is 5.44. The van der Waals surface area contributed by atoms with E-state index in [2.05, 4.69) is 5.32 Å². The van der Waals surface area contributed by atoms with Crippen LogP contribution < -0.4 is 10.6 Å². The molecular formula is C28H20F4N2O2S. The Kier molecular flexibility index (Phi) is 7.93. The highest BCUT2D eigenvalue weighted by molar-refractivity contribution is 8.00. The summed E-state index contributed by atoms with van der Waals surface area (Å²) in [6.07, 6.45) is 0. The fourth-order valence-corrected chi connectivity index (χ4v) is 4.67. The third-order valence-corrected chi connectivity index (χ3v) is 6.68. The van der Waals surface area contributed by atoms with Gasteiger partial charge >= 0.3 is 0 Å². The van der Waals surface area contributed by atoms with E-state index in [1.807, 2.05) is 24.4 Å². The second-order valence-corrected chi connectivity index (χ2v) is 9.22. The molecule has 0 radical (unpaired) electrons. The SMILES string of the molecule is Cc1ccccc1C(=O)Nc1cccc(SC(C(=O)Nc2c(F)c(F)cc(F)c2F)c2ccccc2)c1. The van der Waals surface area contributed by atoms with Crippen LogP contribution in [0.25, 0.3) is 0 Å². The molecule has 1 atom stereocenters. The van der Waals surface area contributed by atoms with Crippen LogP contribution >= 0.6 is 11.8 Å². The highest BCUT2D eigenvalue weighted by Gasteiger charge is 2.27. The molecule has 2 amide bonds. The summed E-state index contributed by atoms with van der Waals surface area (Å²) in [5.41, 5.74) is 1.06. The number of nitrogens with one attached hydrogen (secondary N) is 2. The minimum absolute atomic E-state index is 0.0699. The molecule has 0 aromatic heterocycles. The van der Waals surface area contributed by atoms with Gasteiger partial charge in [0.05, 0.1) is 0 Å². The topological polar surface area (TPSA) is 58.2 Å².